The number of piperidine rings is 1. The largest absolute Gasteiger partial charge is 0.389 e. The van der Waals surface area contributed by atoms with Gasteiger partial charge in [-0.15, -0.1) is 12.4 Å². The Morgan fingerprint density at radius 3 is 2.54 bits per heavy atom. The monoisotopic (exact) mass is 364 g/mol. The van der Waals surface area contributed by atoms with Crippen molar-refractivity contribution >= 4 is 24.0 Å². The average molecular weight is 365 g/mol. The van der Waals surface area contributed by atoms with E-state index in [0.717, 1.165) is 32.4 Å². The Labute approximate surface area is 146 Å². The predicted octanol–water partition coefficient (Wildman–Crippen LogP) is 4.32. The van der Waals surface area contributed by atoms with Gasteiger partial charge in [-0.05, 0) is 56.3 Å². The Morgan fingerprint density at radius 2 is 1.88 bits per heavy atom. The molecule has 1 heterocycles. The van der Waals surface area contributed by atoms with Crippen LogP contribution in [-0.2, 0) is 11.2 Å². The number of aryl methyl sites for hydroxylation is 1. The first-order valence-electron chi connectivity index (χ1n) is 8.09. The second-order valence-electron chi connectivity index (χ2n) is 6.05. The fourth-order valence-electron chi connectivity index (χ4n) is 2.85. The summed E-state index contributed by atoms with van der Waals surface area (Å²) in [5.74, 6) is 0.436. The van der Waals surface area contributed by atoms with Crippen LogP contribution in [0.5, 0.6) is 0 Å². The van der Waals surface area contributed by atoms with Gasteiger partial charge in [0.15, 0.2) is 0 Å². The SMILES string of the molecule is Cl.O=C(CCC1CCNCC1)Nc1ccccc1CCC(F)(F)F. The summed E-state index contributed by atoms with van der Waals surface area (Å²) >= 11 is 0. The van der Waals surface area contributed by atoms with Gasteiger partial charge < -0.3 is 10.6 Å². The third-order valence-corrected chi connectivity index (χ3v) is 4.21. The van der Waals surface area contributed by atoms with Crippen molar-refractivity contribution in [2.75, 3.05) is 18.4 Å². The molecule has 0 saturated carbocycles. The van der Waals surface area contributed by atoms with E-state index in [4.69, 9.17) is 0 Å². The lowest BCUT2D eigenvalue weighted by Crippen LogP contribution is -2.28. The quantitative estimate of drug-likeness (QED) is 0.789. The Bertz CT molecular complexity index is 517. The van der Waals surface area contributed by atoms with Crippen molar-refractivity contribution in [3.63, 3.8) is 0 Å². The Kier molecular flexibility index (Phi) is 8.56. The molecule has 1 fully saturated rings. The molecular formula is C17H24ClF3N2O. The minimum Gasteiger partial charge on any atom is -0.326 e. The van der Waals surface area contributed by atoms with Gasteiger partial charge in [0.05, 0.1) is 0 Å². The van der Waals surface area contributed by atoms with E-state index in [9.17, 15) is 18.0 Å². The van der Waals surface area contributed by atoms with E-state index in [1.54, 1.807) is 24.3 Å². The number of carbonyl (C=O) groups is 1. The Morgan fingerprint density at radius 1 is 1.21 bits per heavy atom. The molecule has 1 aromatic rings. The molecule has 3 nitrogen and oxygen atoms in total. The summed E-state index contributed by atoms with van der Waals surface area (Å²) in [6, 6.07) is 6.71. The molecule has 0 aliphatic carbocycles. The summed E-state index contributed by atoms with van der Waals surface area (Å²) in [4.78, 5) is 12.1. The zero-order valence-electron chi connectivity index (χ0n) is 13.5. The van der Waals surface area contributed by atoms with Crippen LogP contribution in [0, 0.1) is 5.92 Å². The van der Waals surface area contributed by atoms with E-state index in [0.29, 0.717) is 23.6 Å². The molecule has 0 aromatic heterocycles. The number of para-hydroxylation sites is 1. The summed E-state index contributed by atoms with van der Waals surface area (Å²) in [6.45, 7) is 1.99. The average Bonchev–Trinajstić information content (AvgIpc) is 2.52. The topological polar surface area (TPSA) is 41.1 Å². The second-order valence-corrected chi connectivity index (χ2v) is 6.05. The van der Waals surface area contributed by atoms with E-state index in [-0.39, 0.29) is 24.7 Å². The highest BCUT2D eigenvalue weighted by atomic mass is 35.5. The van der Waals surface area contributed by atoms with Gasteiger partial charge in [-0.25, -0.2) is 0 Å². The molecule has 0 spiro atoms. The molecule has 2 N–H and O–H groups in total. The second kappa shape index (κ2) is 9.89. The van der Waals surface area contributed by atoms with Crippen molar-refractivity contribution in [3.8, 4) is 0 Å². The smallest absolute Gasteiger partial charge is 0.326 e. The molecule has 136 valence electrons. The zero-order chi connectivity index (χ0) is 16.7. The lowest BCUT2D eigenvalue weighted by molar-refractivity contribution is -0.133. The van der Waals surface area contributed by atoms with Crippen molar-refractivity contribution in [3.05, 3.63) is 29.8 Å². The van der Waals surface area contributed by atoms with E-state index in [2.05, 4.69) is 10.6 Å². The van der Waals surface area contributed by atoms with Crippen molar-refractivity contribution < 1.29 is 18.0 Å². The molecule has 1 saturated heterocycles. The Hall–Kier alpha value is -1.27. The van der Waals surface area contributed by atoms with Crippen LogP contribution in [0.4, 0.5) is 18.9 Å². The fourth-order valence-corrected chi connectivity index (χ4v) is 2.85. The van der Waals surface area contributed by atoms with Crippen LogP contribution in [0.15, 0.2) is 24.3 Å². The lowest BCUT2D eigenvalue weighted by atomic mass is 9.93. The molecule has 0 atom stereocenters. The first-order chi connectivity index (χ1) is 10.9. The van der Waals surface area contributed by atoms with E-state index in [1.807, 2.05) is 0 Å². The lowest BCUT2D eigenvalue weighted by Gasteiger charge is -2.22. The van der Waals surface area contributed by atoms with Crippen molar-refractivity contribution in [1.82, 2.24) is 5.32 Å². The Balaban J connectivity index is 0.00000288. The molecule has 0 bridgehead atoms. The van der Waals surface area contributed by atoms with Gasteiger partial charge in [-0.3, -0.25) is 4.79 Å². The molecule has 1 aliphatic heterocycles. The first kappa shape index (κ1) is 20.8. The zero-order valence-corrected chi connectivity index (χ0v) is 14.3. The van der Waals surface area contributed by atoms with Crippen LogP contribution in [-0.4, -0.2) is 25.2 Å². The number of nitrogens with one attached hydrogen (secondary N) is 2. The number of hydrogen-bond donors (Lipinski definition) is 2. The van der Waals surface area contributed by atoms with Crippen molar-refractivity contribution in [2.24, 2.45) is 5.92 Å². The highest BCUT2D eigenvalue weighted by molar-refractivity contribution is 5.91. The molecule has 0 unspecified atom stereocenters. The number of halogens is 4. The maximum absolute atomic E-state index is 12.4. The van der Waals surface area contributed by atoms with Crippen LogP contribution in [0.25, 0.3) is 0 Å². The number of anilines is 1. The van der Waals surface area contributed by atoms with Gasteiger partial charge in [-0.1, -0.05) is 18.2 Å². The molecule has 2 rings (SSSR count). The van der Waals surface area contributed by atoms with Gasteiger partial charge >= 0.3 is 6.18 Å². The fraction of sp³-hybridized carbons (Fsp3) is 0.588. The number of carbonyl (C=O) groups excluding carboxylic acids is 1. The number of hydrogen-bond acceptors (Lipinski definition) is 2. The maximum Gasteiger partial charge on any atom is 0.389 e. The standard InChI is InChI=1S/C17H23F3N2O.ClH/c18-17(19,20)10-7-14-3-1-2-4-15(14)22-16(23)6-5-13-8-11-21-12-9-13;/h1-4,13,21H,5-12H2,(H,22,23);1H. The molecule has 24 heavy (non-hydrogen) atoms. The van der Waals surface area contributed by atoms with Crippen molar-refractivity contribution in [1.29, 1.82) is 0 Å². The van der Waals surface area contributed by atoms with Crippen LogP contribution >= 0.6 is 12.4 Å². The molecule has 1 amide bonds. The summed E-state index contributed by atoms with van der Waals surface area (Å²) in [5.41, 5.74) is 1.02. The minimum atomic E-state index is -4.19. The van der Waals surface area contributed by atoms with E-state index < -0.39 is 12.6 Å². The van der Waals surface area contributed by atoms with Gasteiger partial charge in [0, 0.05) is 18.5 Å². The third-order valence-electron chi connectivity index (χ3n) is 4.21. The molecular weight excluding hydrogens is 341 g/mol. The van der Waals surface area contributed by atoms with Gasteiger partial charge in [0.1, 0.15) is 0 Å². The van der Waals surface area contributed by atoms with E-state index >= 15 is 0 Å². The van der Waals surface area contributed by atoms with Gasteiger partial charge in [0.25, 0.3) is 0 Å². The molecule has 1 aliphatic rings. The summed E-state index contributed by atoms with van der Waals surface area (Å²) in [5, 5.41) is 6.05. The third kappa shape index (κ3) is 7.53. The first-order valence-corrected chi connectivity index (χ1v) is 8.09. The van der Waals surface area contributed by atoms with Gasteiger partial charge in [0.2, 0.25) is 5.91 Å². The molecule has 1 aromatic carbocycles. The molecule has 0 radical (unpaired) electrons. The summed E-state index contributed by atoms with van der Waals surface area (Å²) in [6.07, 6.45) is -1.78. The van der Waals surface area contributed by atoms with Crippen LogP contribution in [0.2, 0.25) is 0 Å². The van der Waals surface area contributed by atoms with Crippen LogP contribution < -0.4 is 10.6 Å². The summed E-state index contributed by atoms with van der Waals surface area (Å²) in [7, 11) is 0. The normalized spacial score (nSPS) is 15.6. The number of alkyl halides is 3. The van der Waals surface area contributed by atoms with E-state index in [1.165, 1.54) is 0 Å². The van der Waals surface area contributed by atoms with Crippen LogP contribution in [0.1, 0.15) is 37.7 Å². The minimum absolute atomic E-state index is 0. The van der Waals surface area contributed by atoms with Crippen LogP contribution in [0.3, 0.4) is 0 Å². The maximum atomic E-state index is 12.4. The predicted molar refractivity (Wildman–Crippen MR) is 91.5 cm³/mol. The molecule has 7 heteroatoms. The number of rotatable bonds is 6. The van der Waals surface area contributed by atoms with Crippen molar-refractivity contribution in [2.45, 2.75) is 44.7 Å². The number of benzene rings is 1. The summed E-state index contributed by atoms with van der Waals surface area (Å²) < 4.78 is 37.1. The number of amides is 1. The van der Waals surface area contributed by atoms with Gasteiger partial charge in [-0.2, -0.15) is 13.2 Å². The highest BCUT2D eigenvalue weighted by Gasteiger charge is 2.27. The highest BCUT2D eigenvalue weighted by Crippen LogP contribution is 2.25.